The molecule has 0 saturated heterocycles. The average molecular weight is 212 g/mol. The number of carbonyl (C=O) groups is 1. The molecule has 1 atom stereocenters. The van der Waals surface area contributed by atoms with E-state index in [0.717, 1.165) is 13.0 Å². The third-order valence-corrected chi connectivity index (χ3v) is 2.73. The van der Waals surface area contributed by atoms with E-state index in [1.807, 2.05) is 6.92 Å². The molecule has 1 unspecified atom stereocenters. The fourth-order valence-corrected chi connectivity index (χ4v) is 1.97. The molecule has 1 aromatic heterocycles. The summed E-state index contributed by atoms with van der Waals surface area (Å²) in [5.41, 5.74) is 6.42. The summed E-state index contributed by atoms with van der Waals surface area (Å²) in [7, 11) is 0. The highest BCUT2D eigenvalue weighted by molar-refractivity contribution is 7.07. The van der Waals surface area contributed by atoms with Gasteiger partial charge < -0.3 is 11.1 Å². The minimum Gasteiger partial charge on any atom is -0.370 e. The molecule has 3 nitrogen and oxygen atoms in total. The Kier molecular flexibility index (Phi) is 4.62. The van der Waals surface area contributed by atoms with E-state index in [4.69, 9.17) is 5.73 Å². The standard InChI is InChI=1S/C10H16N2OS/c1-8(6-10(11)13)12-4-2-9-3-5-14-7-9/h3,5,7-8,12H,2,4,6H2,1H3,(H2,11,13). The van der Waals surface area contributed by atoms with E-state index in [9.17, 15) is 4.79 Å². The molecule has 0 aromatic carbocycles. The van der Waals surface area contributed by atoms with Gasteiger partial charge in [0.1, 0.15) is 0 Å². The molecule has 1 amide bonds. The fourth-order valence-electron chi connectivity index (χ4n) is 1.27. The van der Waals surface area contributed by atoms with Crippen LogP contribution in [0.25, 0.3) is 0 Å². The topological polar surface area (TPSA) is 55.1 Å². The lowest BCUT2D eigenvalue weighted by Gasteiger charge is -2.10. The fraction of sp³-hybridized carbons (Fsp3) is 0.500. The number of nitrogens with one attached hydrogen (secondary N) is 1. The first-order chi connectivity index (χ1) is 6.68. The van der Waals surface area contributed by atoms with Gasteiger partial charge in [-0.15, -0.1) is 0 Å². The van der Waals surface area contributed by atoms with Crippen molar-refractivity contribution in [1.82, 2.24) is 5.32 Å². The van der Waals surface area contributed by atoms with Crippen LogP contribution in [0.15, 0.2) is 16.8 Å². The molecular weight excluding hydrogens is 196 g/mol. The van der Waals surface area contributed by atoms with E-state index >= 15 is 0 Å². The highest BCUT2D eigenvalue weighted by atomic mass is 32.1. The molecule has 0 radical (unpaired) electrons. The van der Waals surface area contributed by atoms with Crippen molar-refractivity contribution in [3.8, 4) is 0 Å². The highest BCUT2D eigenvalue weighted by Gasteiger charge is 2.04. The van der Waals surface area contributed by atoms with Crippen LogP contribution in [0, 0.1) is 0 Å². The van der Waals surface area contributed by atoms with Gasteiger partial charge in [0.2, 0.25) is 5.91 Å². The Bertz CT molecular complexity index is 272. The van der Waals surface area contributed by atoms with E-state index in [-0.39, 0.29) is 11.9 Å². The molecule has 3 N–H and O–H groups in total. The highest BCUT2D eigenvalue weighted by Crippen LogP contribution is 2.05. The lowest BCUT2D eigenvalue weighted by Crippen LogP contribution is -2.32. The van der Waals surface area contributed by atoms with Crippen molar-refractivity contribution in [2.75, 3.05) is 6.54 Å². The summed E-state index contributed by atoms with van der Waals surface area (Å²) in [4.78, 5) is 10.6. The van der Waals surface area contributed by atoms with E-state index < -0.39 is 0 Å². The van der Waals surface area contributed by atoms with E-state index in [1.54, 1.807) is 11.3 Å². The van der Waals surface area contributed by atoms with Crippen molar-refractivity contribution in [2.45, 2.75) is 25.8 Å². The van der Waals surface area contributed by atoms with Gasteiger partial charge in [0, 0.05) is 12.5 Å². The first-order valence-corrected chi connectivity index (χ1v) is 5.65. The molecule has 78 valence electrons. The van der Waals surface area contributed by atoms with Crippen LogP contribution in [0.5, 0.6) is 0 Å². The van der Waals surface area contributed by atoms with E-state index in [1.165, 1.54) is 5.56 Å². The van der Waals surface area contributed by atoms with Crippen LogP contribution < -0.4 is 11.1 Å². The number of hydrogen-bond donors (Lipinski definition) is 2. The quantitative estimate of drug-likeness (QED) is 0.743. The molecule has 4 heteroatoms. The van der Waals surface area contributed by atoms with Crippen molar-refractivity contribution in [1.29, 1.82) is 0 Å². The maximum Gasteiger partial charge on any atom is 0.218 e. The Morgan fingerprint density at radius 2 is 2.50 bits per heavy atom. The molecule has 14 heavy (non-hydrogen) atoms. The van der Waals surface area contributed by atoms with Crippen LogP contribution in [0.3, 0.4) is 0 Å². The van der Waals surface area contributed by atoms with Crippen molar-refractivity contribution in [2.24, 2.45) is 5.73 Å². The number of thiophene rings is 1. The Balaban J connectivity index is 2.12. The zero-order valence-electron chi connectivity index (χ0n) is 8.32. The molecule has 1 aromatic rings. The predicted molar refractivity (Wildman–Crippen MR) is 59.3 cm³/mol. The van der Waals surface area contributed by atoms with Gasteiger partial charge in [0.05, 0.1) is 0 Å². The second-order valence-corrected chi connectivity index (χ2v) is 4.19. The smallest absolute Gasteiger partial charge is 0.218 e. The van der Waals surface area contributed by atoms with Crippen molar-refractivity contribution in [3.05, 3.63) is 22.4 Å². The van der Waals surface area contributed by atoms with Gasteiger partial charge in [-0.1, -0.05) is 0 Å². The van der Waals surface area contributed by atoms with Gasteiger partial charge >= 0.3 is 0 Å². The maximum absolute atomic E-state index is 10.6. The third-order valence-electron chi connectivity index (χ3n) is 1.99. The van der Waals surface area contributed by atoms with Gasteiger partial charge in [-0.2, -0.15) is 11.3 Å². The van der Waals surface area contributed by atoms with Crippen molar-refractivity contribution in [3.63, 3.8) is 0 Å². The second kappa shape index (κ2) is 5.78. The lowest BCUT2D eigenvalue weighted by atomic mass is 10.2. The molecule has 1 rings (SSSR count). The van der Waals surface area contributed by atoms with Gasteiger partial charge in [-0.25, -0.2) is 0 Å². The molecule has 0 bridgehead atoms. The van der Waals surface area contributed by atoms with E-state index in [2.05, 4.69) is 22.1 Å². The summed E-state index contributed by atoms with van der Waals surface area (Å²) in [6.45, 7) is 2.86. The maximum atomic E-state index is 10.6. The Morgan fingerprint density at radius 3 is 3.07 bits per heavy atom. The number of nitrogens with two attached hydrogens (primary N) is 1. The largest absolute Gasteiger partial charge is 0.370 e. The summed E-state index contributed by atoms with van der Waals surface area (Å²) in [6.07, 6.45) is 1.41. The molecule has 0 fully saturated rings. The molecule has 0 aliphatic carbocycles. The van der Waals surface area contributed by atoms with Crippen LogP contribution in [0.2, 0.25) is 0 Å². The van der Waals surface area contributed by atoms with E-state index in [0.29, 0.717) is 6.42 Å². The molecular formula is C10H16N2OS. The van der Waals surface area contributed by atoms with Crippen LogP contribution in [-0.4, -0.2) is 18.5 Å². The Hall–Kier alpha value is -0.870. The van der Waals surface area contributed by atoms with Gasteiger partial charge in [-0.05, 0) is 42.3 Å². The van der Waals surface area contributed by atoms with Crippen molar-refractivity contribution >= 4 is 17.2 Å². The van der Waals surface area contributed by atoms with Gasteiger partial charge in [-0.3, -0.25) is 4.79 Å². The summed E-state index contributed by atoms with van der Waals surface area (Å²) in [5.74, 6) is -0.250. The molecule has 1 heterocycles. The number of rotatable bonds is 6. The summed E-state index contributed by atoms with van der Waals surface area (Å²) in [6, 6.07) is 2.29. The molecule has 0 saturated carbocycles. The van der Waals surface area contributed by atoms with Crippen LogP contribution >= 0.6 is 11.3 Å². The second-order valence-electron chi connectivity index (χ2n) is 3.41. The van der Waals surface area contributed by atoms with Crippen LogP contribution in [0.4, 0.5) is 0 Å². The van der Waals surface area contributed by atoms with Crippen LogP contribution in [-0.2, 0) is 11.2 Å². The van der Waals surface area contributed by atoms with Gasteiger partial charge in [0.25, 0.3) is 0 Å². The summed E-state index contributed by atoms with van der Waals surface area (Å²) in [5, 5.41) is 7.47. The predicted octanol–water partition coefficient (Wildman–Crippen LogP) is 1.14. The molecule has 0 spiro atoms. The number of primary amides is 1. The number of hydrogen-bond acceptors (Lipinski definition) is 3. The van der Waals surface area contributed by atoms with Crippen molar-refractivity contribution < 1.29 is 4.79 Å². The summed E-state index contributed by atoms with van der Waals surface area (Å²) >= 11 is 1.71. The lowest BCUT2D eigenvalue weighted by molar-refractivity contribution is -0.118. The molecule has 0 aliphatic rings. The third kappa shape index (κ3) is 4.39. The zero-order chi connectivity index (χ0) is 10.4. The summed E-state index contributed by atoms with van der Waals surface area (Å²) < 4.78 is 0. The van der Waals surface area contributed by atoms with Crippen LogP contribution in [0.1, 0.15) is 18.9 Å². The molecule has 0 aliphatic heterocycles. The average Bonchev–Trinajstić information content (AvgIpc) is 2.55. The first kappa shape index (κ1) is 11.2. The minimum atomic E-state index is -0.250. The number of carbonyl (C=O) groups excluding carboxylic acids is 1. The zero-order valence-corrected chi connectivity index (χ0v) is 9.14. The first-order valence-electron chi connectivity index (χ1n) is 4.71. The SMILES string of the molecule is CC(CC(N)=O)NCCc1ccsc1. The Labute approximate surface area is 88.3 Å². The number of amides is 1. The van der Waals surface area contributed by atoms with Gasteiger partial charge in [0.15, 0.2) is 0 Å². The minimum absolute atomic E-state index is 0.172. The monoisotopic (exact) mass is 212 g/mol. The normalized spacial score (nSPS) is 12.6. The Morgan fingerprint density at radius 1 is 1.71 bits per heavy atom.